The lowest BCUT2D eigenvalue weighted by atomic mass is 10.00. The first kappa shape index (κ1) is 23.5. The first-order valence-electron chi connectivity index (χ1n) is 8.52. The summed E-state index contributed by atoms with van der Waals surface area (Å²) in [6.45, 7) is -1.00. The third-order valence-electron chi connectivity index (χ3n) is 4.06. The van der Waals surface area contributed by atoms with Gasteiger partial charge in [-0.25, -0.2) is 22.8 Å². The van der Waals surface area contributed by atoms with Gasteiger partial charge in [-0.05, 0) is 11.1 Å². The first-order valence-corrected chi connectivity index (χ1v) is 11.5. The van der Waals surface area contributed by atoms with Crippen LogP contribution in [-0.4, -0.2) is 59.0 Å². The molecule has 0 aliphatic heterocycles. The van der Waals surface area contributed by atoms with Gasteiger partial charge in [-0.15, -0.1) is 0 Å². The molecule has 11 heteroatoms. The largest absolute Gasteiger partial charge is 0.386 e. The molecule has 2 N–H and O–H groups in total. The number of hydrogen-bond donors (Lipinski definition) is 2. The second-order valence-electron chi connectivity index (χ2n) is 6.40. The molecule has 1 aromatic heterocycles. The van der Waals surface area contributed by atoms with Crippen LogP contribution in [0, 0.1) is 0 Å². The average molecular weight is 464 g/mol. The van der Waals surface area contributed by atoms with Crippen molar-refractivity contribution in [3.8, 4) is 11.1 Å². The molecule has 0 aliphatic carbocycles. The number of aliphatic hydroxyl groups is 1. The molecule has 2 aromatic rings. The van der Waals surface area contributed by atoms with Crippen LogP contribution in [0.1, 0.15) is 17.5 Å². The van der Waals surface area contributed by atoms with Crippen molar-refractivity contribution in [1.82, 2.24) is 15.3 Å². The molecular weight excluding hydrogens is 444 g/mol. The molecule has 158 valence electrons. The standard InChI is InChI=1S/C18H20Cl2FN3O4S/c1-29(27,28)7-6-15-22-9-13(10-23-15)11-2-4-12(5-3-11)16(25)14(8-21)24-18(26)17(19)20/h2-5,9-10,14,16-17,25H,6-8H2,1H3,(H,24,26)/t14-,16-/m1/s1. The van der Waals surface area contributed by atoms with Crippen molar-refractivity contribution < 1.29 is 22.7 Å². The highest BCUT2D eigenvalue weighted by atomic mass is 35.5. The lowest BCUT2D eigenvalue weighted by Gasteiger charge is -2.22. The predicted molar refractivity (Wildman–Crippen MR) is 109 cm³/mol. The number of carbonyl (C=O) groups is 1. The smallest absolute Gasteiger partial charge is 0.253 e. The molecule has 0 unspecified atom stereocenters. The Balaban J connectivity index is 2.08. The number of hydrogen-bond acceptors (Lipinski definition) is 6. The second-order valence-corrected chi connectivity index (χ2v) is 9.76. The maximum atomic E-state index is 13.2. The third kappa shape index (κ3) is 7.18. The van der Waals surface area contributed by atoms with Crippen LogP contribution in [0.5, 0.6) is 0 Å². The van der Waals surface area contributed by atoms with Crippen LogP contribution in [0.15, 0.2) is 36.7 Å². The maximum Gasteiger partial charge on any atom is 0.253 e. The molecule has 0 bridgehead atoms. The highest BCUT2D eigenvalue weighted by Crippen LogP contribution is 2.23. The zero-order valence-electron chi connectivity index (χ0n) is 15.4. The Labute approximate surface area is 178 Å². The fourth-order valence-corrected chi connectivity index (χ4v) is 3.14. The summed E-state index contributed by atoms with van der Waals surface area (Å²) in [6.07, 6.45) is 3.23. The molecule has 29 heavy (non-hydrogen) atoms. The molecule has 2 rings (SSSR count). The number of sulfone groups is 1. The van der Waals surface area contributed by atoms with Gasteiger partial charge in [-0.2, -0.15) is 0 Å². The van der Waals surface area contributed by atoms with Crippen LogP contribution >= 0.6 is 23.2 Å². The van der Waals surface area contributed by atoms with Crippen LogP contribution in [0.3, 0.4) is 0 Å². The summed E-state index contributed by atoms with van der Waals surface area (Å²) in [7, 11) is -3.09. The van der Waals surface area contributed by atoms with E-state index in [0.717, 1.165) is 11.8 Å². The van der Waals surface area contributed by atoms with Gasteiger partial charge < -0.3 is 10.4 Å². The Morgan fingerprint density at radius 2 is 1.76 bits per heavy atom. The molecule has 0 aliphatic rings. The molecule has 1 amide bonds. The van der Waals surface area contributed by atoms with Crippen molar-refractivity contribution in [3.63, 3.8) is 0 Å². The number of nitrogens with zero attached hydrogens (tertiary/aromatic N) is 2. The topological polar surface area (TPSA) is 109 Å². The van der Waals surface area contributed by atoms with Crippen LogP contribution in [-0.2, 0) is 21.1 Å². The van der Waals surface area contributed by atoms with Crippen molar-refractivity contribution in [2.45, 2.75) is 23.4 Å². The Morgan fingerprint density at radius 3 is 2.24 bits per heavy atom. The van der Waals surface area contributed by atoms with Crippen LogP contribution in [0.25, 0.3) is 11.1 Å². The van der Waals surface area contributed by atoms with Crippen molar-refractivity contribution >= 4 is 38.9 Å². The molecule has 7 nitrogen and oxygen atoms in total. The summed E-state index contributed by atoms with van der Waals surface area (Å²) in [5.41, 5.74) is 1.83. The maximum absolute atomic E-state index is 13.2. The van der Waals surface area contributed by atoms with E-state index >= 15 is 0 Å². The van der Waals surface area contributed by atoms with Crippen LogP contribution < -0.4 is 5.32 Å². The molecule has 1 aromatic carbocycles. The number of benzene rings is 1. The monoisotopic (exact) mass is 463 g/mol. The van der Waals surface area contributed by atoms with E-state index in [1.807, 2.05) is 0 Å². The normalized spacial score (nSPS) is 13.9. The van der Waals surface area contributed by atoms with Crippen molar-refractivity contribution in [2.75, 3.05) is 18.7 Å². The Morgan fingerprint density at radius 1 is 1.17 bits per heavy atom. The van der Waals surface area contributed by atoms with Gasteiger partial charge in [-0.1, -0.05) is 47.5 Å². The van der Waals surface area contributed by atoms with Gasteiger partial charge in [0.15, 0.2) is 4.84 Å². The minimum Gasteiger partial charge on any atom is -0.386 e. The number of carbonyl (C=O) groups excluding carboxylic acids is 1. The molecule has 0 radical (unpaired) electrons. The lowest BCUT2D eigenvalue weighted by molar-refractivity contribution is -0.121. The van der Waals surface area contributed by atoms with Crippen molar-refractivity contribution in [1.29, 1.82) is 0 Å². The van der Waals surface area contributed by atoms with E-state index in [1.165, 1.54) is 0 Å². The number of aliphatic hydroxyl groups excluding tert-OH is 1. The fraction of sp³-hybridized carbons (Fsp3) is 0.389. The van der Waals surface area contributed by atoms with E-state index in [1.54, 1.807) is 36.7 Å². The van der Waals surface area contributed by atoms with E-state index in [2.05, 4.69) is 15.3 Å². The summed E-state index contributed by atoms with van der Waals surface area (Å²) in [4.78, 5) is 18.5. The highest BCUT2D eigenvalue weighted by molar-refractivity contribution is 7.90. The molecule has 0 spiro atoms. The van der Waals surface area contributed by atoms with Crippen molar-refractivity contribution in [2.24, 2.45) is 0 Å². The van der Waals surface area contributed by atoms with Gasteiger partial charge in [0.1, 0.15) is 28.4 Å². The number of amides is 1. The van der Waals surface area contributed by atoms with Gasteiger partial charge in [0.2, 0.25) is 0 Å². The van der Waals surface area contributed by atoms with E-state index in [0.29, 0.717) is 17.0 Å². The lowest BCUT2D eigenvalue weighted by Crippen LogP contribution is -2.43. The van der Waals surface area contributed by atoms with Crippen LogP contribution in [0.4, 0.5) is 4.39 Å². The molecule has 1 heterocycles. The summed E-state index contributed by atoms with van der Waals surface area (Å²) in [5, 5.41) is 12.6. The van der Waals surface area contributed by atoms with E-state index in [9.17, 15) is 22.7 Å². The summed E-state index contributed by atoms with van der Waals surface area (Å²) in [6, 6.07) is 5.37. The molecule has 0 saturated heterocycles. The Kier molecular flexibility index (Phi) is 8.33. The predicted octanol–water partition coefficient (Wildman–Crippen LogP) is 2.02. The number of alkyl halides is 3. The van der Waals surface area contributed by atoms with Gasteiger partial charge in [0.25, 0.3) is 5.91 Å². The van der Waals surface area contributed by atoms with Gasteiger partial charge in [-0.3, -0.25) is 4.79 Å². The Bertz CT molecular complexity index is 925. The molecule has 2 atom stereocenters. The minimum atomic E-state index is -3.09. The summed E-state index contributed by atoms with van der Waals surface area (Å²) >= 11 is 10.9. The quantitative estimate of drug-likeness (QED) is 0.550. The number of rotatable bonds is 9. The van der Waals surface area contributed by atoms with Crippen molar-refractivity contribution in [3.05, 3.63) is 48.0 Å². The summed E-state index contributed by atoms with van der Waals surface area (Å²) < 4.78 is 35.6. The van der Waals surface area contributed by atoms with Gasteiger partial charge >= 0.3 is 0 Å². The molecular formula is C18H20Cl2FN3O4S. The molecule has 0 fully saturated rings. The van der Waals surface area contributed by atoms with E-state index < -0.39 is 39.4 Å². The zero-order chi connectivity index (χ0) is 21.6. The SMILES string of the molecule is CS(=O)(=O)CCc1ncc(-c2ccc([C@@H](O)[C@@H](CF)NC(=O)C(Cl)Cl)cc2)cn1. The number of halogens is 3. The zero-order valence-corrected chi connectivity index (χ0v) is 17.8. The van der Waals surface area contributed by atoms with Gasteiger partial charge in [0, 0.05) is 30.6 Å². The van der Waals surface area contributed by atoms with Gasteiger partial charge in [0.05, 0.1) is 11.8 Å². The Hall–Kier alpha value is -1.81. The highest BCUT2D eigenvalue weighted by Gasteiger charge is 2.25. The van der Waals surface area contributed by atoms with E-state index in [-0.39, 0.29) is 12.2 Å². The minimum absolute atomic E-state index is 0.0284. The van der Waals surface area contributed by atoms with Crippen LogP contribution in [0.2, 0.25) is 0 Å². The fourth-order valence-electron chi connectivity index (χ4n) is 2.46. The van der Waals surface area contributed by atoms with E-state index in [4.69, 9.17) is 23.2 Å². The number of aryl methyl sites for hydroxylation is 1. The second kappa shape index (κ2) is 10.3. The molecule has 0 saturated carbocycles. The first-order chi connectivity index (χ1) is 13.6. The third-order valence-corrected chi connectivity index (χ3v) is 5.40. The summed E-state index contributed by atoms with van der Waals surface area (Å²) in [5.74, 6) is -0.399. The average Bonchev–Trinajstić information content (AvgIpc) is 2.69. The number of aromatic nitrogens is 2. The number of nitrogens with one attached hydrogen (secondary N) is 1.